The van der Waals surface area contributed by atoms with Crippen molar-refractivity contribution < 1.29 is 9.53 Å². The predicted octanol–water partition coefficient (Wildman–Crippen LogP) is 2.04. The Morgan fingerprint density at radius 2 is 2.06 bits per heavy atom. The number of hydrogen-bond acceptors (Lipinski definition) is 3. The van der Waals surface area contributed by atoms with Crippen LogP contribution < -0.4 is 5.73 Å². The van der Waals surface area contributed by atoms with E-state index < -0.39 is 0 Å². The van der Waals surface area contributed by atoms with Crippen molar-refractivity contribution in [3.63, 3.8) is 0 Å². The molecule has 17 heavy (non-hydrogen) atoms. The van der Waals surface area contributed by atoms with Gasteiger partial charge < -0.3 is 10.5 Å². The zero-order chi connectivity index (χ0) is 12.4. The van der Waals surface area contributed by atoms with Gasteiger partial charge in [0.15, 0.2) is 0 Å². The number of anilines is 1. The van der Waals surface area contributed by atoms with E-state index in [1.165, 1.54) is 5.56 Å². The van der Waals surface area contributed by atoms with Gasteiger partial charge in [-0.1, -0.05) is 12.1 Å². The van der Waals surface area contributed by atoms with Gasteiger partial charge in [0.1, 0.15) is 6.61 Å². The number of nitrogens with zero attached hydrogens (tertiary/aromatic N) is 1. The molecule has 1 amide bonds. The number of carbonyl (C=O) groups is 1. The number of benzene rings is 1. The summed E-state index contributed by atoms with van der Waals surface area (Å²) in [5, 5.41) is 0. The fourth-order valence-electron chi connectivity index (χ4n) is 2.19. The number of amides is 1. The van der Waals surface area contributed by atoms with Gasteiger partial charge >= 0.3 is 6.09 Å². The van der Waals surface area contributed by atoms with E-state index >= 15 is 0 Å². The minimum Gasteiger partial charge on any atom is -0.447 e. The van der Waals surface area contributed by atoms with Gasteiger partial charge in [-0.2, -0.15) is 0 Å². The molecule has 0 radical (unpaired) electrons. The maximum atomic E-state index is 11.6. The van der Waals surface area contributed by atoms with Crippen LogP contribution in [0.5, 0.6) is 0 Å². The second kappa shape index (κ2) is 4.65. The van der Waals surface area contributed by atoms with Gasteiger partial charge in [0.2, 0.25) is 0 Å². The minimum absolute atomic E-state index is 0.131. The Balaban J connectivity index is 2.08. The normalized spacial score (nSPS) is 19.8. The molecule has 1 heterocycles. The first-order chi connectivity index (χ1) is 8.08. The summed E-state index contributed by atoms with van der Waals surface area (Å²) in [6.45, 7) is 4.48. The molecule has 0 aromatic heterocycles. The highest BCUT2D eigenvalue weighted by molar-refractivity contribution is 5.70. The van der Waals surface area contributed by atoms with Crippen molar-refractivity contribution in [3.05, 3.63) is 29.8 Å². The van der Waals surface area contributed by atoms with E-state index in [9.17, 15) is 4.79 Å². The van der Waals surface area contributed by atoms with Crippen LogP contribution in [-0.4, -0.2) is 29.7 Å². The molecule has 0 aliphatic carbocycles. The zero-order valence-electron chi connectivity index (χ0n) is 10.2. The molecule has 4 nitrogen and oxygen atoms in total. The van der Waals surface area contributed by atoms with Crippen LogP contribution in [0.2, 0.25) is 0 Å². The van der Waals surface area contributed by atoms with Crippen molar-refractivity contribution in [3.8, 4) is 0 Å². The fraction of sp³-hybridized carbons (Fsp3) is 0.462. The van der Waals surface area contributed by atoms with Crippen LogP contribution in [0.25, 0.3) is 0 Å². The Hall–Kier alpha value is -1.71. The van der Waals surface area contributed by atoms with Crippen LogP contribution >= 0.6 is 0 Å². The molecule has 1 aliphatic rings. The summed E-state index contributed by atoms with van der Waals surface area (Å²) < 4.78 is 5.10. The number of ether oxygens (including phenoxy) is 1. The number of nitrogens with two attached hydrogens (primary N) is 1. The lowest BCUT2D eigenvalue weighted by Gasteiger charge is -2.25. The quantitative estimate of drug-likeness (QED) is 0.814. The summed E-state index contributed by atoms with van der Waals surface area (Å²) in [5.41, 5.74) is 7.58. The third-order valence-corrected chi connectivity index (χ3v) is 3.01. The van der Waals surface area contributed by atoms with Crippen molar-refractivity contribution >= 4 is 11.8 Å². The van der Waals surface area contributed by atoms with E-state index in [2.05, 4.69) is 0 Å². The average Bonchev–Trinajstić information content (AvgIpc) is 2.63. The van der Waals surface area contributed by atoms with E-state index in [0.717, 1.165) is 12.1 Å². The third kappa shape index (κ3) is 2.52. The van der Waals surface area contributed by atoms with Crippen molar-refractivity contribution in [2.45, 2.75) is 32.4 Å². The van der Waals surface area contributed by atoms with Crippen LogP contribution in [0.4, 0.5) is 10.5 Å². The summed E-state index contributed by atoms with van der Waals surface area (Å²) in [4.78, 5) is 13.4. The summed E-state index contributed by atoms with van der Waals surface area (Å²) in [6, 6.07) is 8.06. The van der Waals surface area contributed by atoms with E-state index in [-0.39, 0.29) is 18.2 Å². The van der Waals surface area contributed by atoms with Gasteiger partial charge in [0, 0.05) is 11.7 Å². The lowest BCUT2D eigenvalue weighted by molar-refractivity contribution is 0.149. The summed E-state index contributed by atoms with van der Waals surface area (Å²) in [7, 11) is 0. The van der Waals surface area contributed by atoms with Gasteiger partial charge in [0.05, 0.1) is 6.04 Å². The summed E-state index contributed by atoms with van der Waals surface area (Å²) in [5.74, 6) is 0. The highest BCUT2D eigenvalue weighted by atomic mass is 16.6. The first kappa shape index (κ1) is 11.8. The molecular weight excluding hydrogens is 216 g/mol. The van der Waals surface area contributed by atoms with Gasteiger partial charge in [-0.3, -0.25) is 4.90 Å². The van der Waals surface area contributed by atoms with Crippen LogP contribution in [0.15, 0.2) is 24.3 Å². The largest absolute Gasteiger partial charge is 0.447 e. The molecule has 0 bridgehead atoms. The molecule has 1 aromatic rings. The van der Waals surface area contributed by atoms with Crippen molar-refractivity contribution in [2.75, 3.05) is 12.3 Å². The lowest BCUT2D eigenvalue weighted by Crippen LogP contribution is -2.40. The second-order valence-electron chi connectivity index (χ2n) is 4.68. The molecule has 1 aliphatic heterocycles. The van der Waals surface area contributed by atoms with Crippen molar-refractivity contribution in [1.29, 1.82) is 0 Å². The van der Waals surface area contributed by atoms with Gasteiger partial charge in [0.25, 0.3) is 0 Å². The van der Waals surface area contributed by atoms with Crippen molar-refractivity contribution in [2.24, 2.45) is 0 Å². The topological polar surface area (TPSA) is 55.6 Å². The number of cyclic esters (lactones) is 1. The highest BCUT2D eigenvalue weighted by Crippen LogP contribution is 2.20. The molecule has 1 saturated heterocycles. The fourth-order valence-corrected chi connectivity index (χ4v) is 2.19. The minimum atomic E-state index is -0.208. The monoisotopic (exact) mass is 234 g/mol. The first-order valence-electron chi connectivity index (χ1n) is 5.87. The Morgan fingerprint density at radius 1 is 1.41 bits per heavy atom. The van der Waals surface area contributed by atoms with Crippen LogP contribution in [0.1, 0.15) is 19.4 Å². The zero-order valence-corrected chi connectivity index (χ0v) is 10.2. The molecule has 2 N–H and O–H groups in total. The van der Waals surface area contributed by atoms with Gasteiger partial charge in [-0.15, -0.1) is 0 Å². The number of carbonyl (C=O) groups excluding carboxylic acids is 1. The number of rotatable bonds is 3. The molecule has 1 aromatic carbocycles. The first-order valence-corrected chi connectivity index (χ1v) is 5.87. The Morgan fingerprint density at radius 3 is 2.65 bits per heavy atom. The Labute approximate surface area is 101 Å². The van der Waals surface area contributed by atoms with E-state index in [1.54, 1.807) is 4.90 Å². The third-order valence-electron chi connectivity index (χ3n) is 3.01. The molecule has 1 fully saturated rings. The molecule has 4 heteroatoms. The van der Waals surface area contributed by atoms with E-state index in [4.69, 9.17) is 10.5 Å². The van der Waals surface area contributed by atoms with E-state index in [1.807, 2.05) is 38.1 Å². The van der Waals surface area contributed by atoms with Gasteiger partial charge in [-0.05, 0) is 38.0 Å². The number of hydrogen-bond donors (Lipinski definition) is 1. The maximum Gasteiger partial charge on any atom is 0.410 e. The Bertz CT molecular complexity index is 400. The smallest absolute Gasteiger partial charge is 0.410 e. The summed E-state index contributed by atoms with van der Waals surface area (Å²) >= 11 is 0. The van der Waals surface area contributed by atoms with Crippen molar-refractivity contribution in [1.82, 2.24) is 4.90 Å². The molecular formula is C13H18N2O2. The van der Waals surface area contributed by atoms with Crippen LogP contribution in [0.3, 0.4) is 0 Å². The predicted molar refractivity (Wildman–Crippen MR) is 66.7 cm³/mol. The highest BCUT2D eigenvalue weighted by Gasteiger charge is 2.34. The van der Waals surface area contributed by atoms with Crippen LogP contribution in [0, 0.1) is 0 Å². The molecule has 0 spiro atoms. The van der Waals surface area contributed by atoms with E-state index in [0.29, 0.717) is 6.61 Å². The lowest BCUT2D eigenvalue weighted by atomic mass is 10.0. The van der Waals surface area contributed by atoms with Gasteiger partial charge in [-0.25, -0.2) is 4.79 Å². The number of nitrogen functional groups attached to an aromatic ring is 1. The van der Waals surface area contributed by atoms with Crippen LogP contribution in [-0.2, 0) is 11.2 Å². The molecule has 1 unspecified atom stereocenters. The SMILES string of the molecule is CC(C)N1C(=O)OCC1Cc1ccc(N)cc1. The maximum absolute atomic E-state index is 11.6. The standard InChI is InChI=1S/C13H18N2O2/c1-9(2)15-12(8-17-13(15)16)7-10-3-5-11(14)6-4-10/h3-6,9,12H,7-8,14H2,1-2H3. The molecule has 92 valence electrons. The molecule has 2 rings (SSSR count). The summed E-state index contributed by atoms with van der Waals surface area (Å²) in [6.07, 6.45) is 0.602. The second-order valence-corrected chi connectivity index (χ2v) is 4.68. The average molecular weight is 234 g/mol. The Kier molecular flexibility index (Phi) is 3.22. The molecule has 1 atom stereocenters. The molecule has 0 saturated carbocycles.